The number of carbonyl (C=O) groups excluding carboxylic acids is 1. The Labute approximate surface area is 208 Å². The zero-order valence-corrected chi connectivity index (χ0v) is 20.4. The van der Waals surface area contributed by atoms with Crippen LogP contribution in [0.5, 0.6) is 0 Å². The molecule has 6 rings (SSSR count). The predicted octanol–water partition coefficient (Wildman–Crippen LogP) is 4.76. The van der Waals surface area contributed by atoms with Crippen LogP contribution in [-0.4, -0.2) is 51.4 Å². The molecule has 1 fully saturated rings. The summed E-state index contributed by atoms with van der Waals surface area (Å²) in [6.45, 7) is 2.18. The average Bonchev–Trinajstić information content (AvgIpc) is 3.47. The topological polar surface area (TPSA) is 83.0 Å². The maximum absolute atomic E-state index is 12.5. The minimum atomic E-state index is 0.0371. The van der Waals surface area contributed by atoms with Crippen LogP contribution >= 0.6 is 11.3 Å². The van der Waals surface area contributed by atoms with Crippen LogP contribution in [0, 0.1) is 0 Å². The molecule has 0 bridgehead atoms. The lowest BCUT2D eigenvalue weighted by Gasteiger charge is -2.32. The Morgan fingerprint density at radius 2 is 1.91 bits per heavy atom. The fourth-order valence-electron chi connectivity index (χ4n) is 5.08. The Kier molecular flexibility index (Phi) is 6.14. The number of carbonyl (C=O) groups is 1. The van der Waals surface area contributed by atoms with Crippen molar-refractivity contribution in [3.05, 3.63) is 65.3 Å². The van der Waals surface area contributed by atoms with Gasteiger partial charge in [0.15, 0.2) is 5.82 Å². The number of nitrogens with zero attached hydrogens (tertiary/aromatic N) is 4. The van der Waals surface area contributed by atoms with Crippen molar-refractivity contribution in [3.8, 4) is 11.4 Å². The van der Waals surface area contributed by atoms with Crippen molar-refractivity contribution in [1.29, 1.82) is 0 Å². The van der Waals surface area contributed by atoms with E-state index < -0.39 is 0 Å². The first-order chi connectivity index (χ1) is 17.2. The number of nitrogens with one attached hydrogen (secondary N) is 2. The maximum Gasteiger partial charge on any atom is 0.238 e. The SMILES string of the molecule is O=C(CN1CCC(Nc2nc(-c3cccnc3)nc3sc4c(c23)CCC4)CC1)Nc1ccccc1. The van der Waals surface area contributed by atoms with E-state index in [9.17, 15) is 4.79 Å². The van der Waals surface area contributed by atoms with E-state index in [-0.39, 0.29) is 5.91 Å². The summed E-state index contributed by atoms with van der Waals surface area (Å²) in [7, 11) is 0. The summed E-state index contributed by atoms with van der Waals surface area (Å²) >= 11 is 1.82. The van der Waals surface area contributed by atoms with Crippen molar-refractivity contribution in [3.63, 3.8) is 0 Å². The highest BCUT2D eigenvalue weighted by Crippen LogP contribution is 2.40. The third kappa shape index (κ3) is 4.76. The molecule has 0 saturated carbocycles. The molecule has 7 nitrogen and oxygen atoms in total. The van der Waals surface area contributed by atoms with Crippen LogP contribution in [0.1, 0.15) is 29.7 Å². The Morgan fingerprint density at radius 1 is 1.06 bits per heavy atom. The molecule has 1 saturated heterocycles. The monoisotopic (exact) mass is 484 g/mol. The summed E-state index contributed by atoms with van der Waals surface area (Å²) < 4.78 is 0. The summed E-state index contributed by atoms with van der Waals surface area (Å²) in [5.74, 6) is 1.71. The van der Waals surface area contributed by atoms with Crippen molar-refractivity contribution < 1.29 is 4.79 Å². The number of aromatic nitrogens is 3. The lowest BCUT2D eigenvalue weighted by atomic mass is 10.0. The van der Waals surface area contributed by atoms with Crippen LogP contribution in [-0.2, 0) is 17.6 Å². The number of amides is 1. The van der Waals surface area contributed by atoms with Gasteiger partial charge in [0.1, 0.15) is 10.6 Å². The van der Waals surface area contributed by atoms with Crippen molar-refractivity contribution >= 4 is 39.0 Å². The highest BCUT2D eigenvalue weighted by molar-refractivity contribution is 7.19. The molecular weight excluding hydrogens is 456 g/mol. The standard InChI is InChI=1S/C27H28N6OS/c34-23(29-19-7-2-1-3-8-19)17-33-14-11-20(12-15-33)30-26-24-21-9-4-10-22(21)35-27(24)32-25(31-26)18-6-5-13-28-16-18/h1-3,5-8,13,16,20H,4,9-12,14-15,17H2,(H,29,34)(H,30,31,32). The lowest BCUT2D eigenvalue weighted by molar-refractivity contribution is -0.117. The second kappa shape index (κ2) is 9.71. The summed E-state index contributed by atoms with van der Waals surface area (Å²) in [6, 6.07) is 13.9. The highest BCUT2D eigenvalue weighted by atomic mass is 32.1. The molecule has 2 N–H and O–H groups in total. The number of rotatable bonds is 6. The Bertz CT molecular complexity index is 1330. The van der Waals surface area contributed by atoms with Crippen LogP contribution in [0.3, 0.4) is 0 Å². The van der Waals surface area contributed by atoms with E-state index in [2.05, 4.69) is 20.5 Å². The number of aryl methyl sites for hydroxylation is 2. The quantitative estimate of drug-likeness (QED) is 0.411. The zero-order valence-electron chi connectivity index (χ0n) is 19.5. The minimum absolute atomic E-state index is 0.0371. The maximum atomic E-state index is 12.5. The Morgan fingerprint density at radius 3 is 2.71 bits per heavy atom. The van der Waals surface area contributed by atoms with Crippen LogP contribution < -0.4 is 10.6 Å². The van der Waals surface area contributed by atoms with Gasteiger partial charge in [-0.15, -0.1) is 11.3 Å². The van der Waals surface area contributed by atoms with E-state index in [1.807, 2.05) is 60.0 Å². The van der Waals surface area contributed by atoms with E-state index in [1.165, 1.54) is 22.2 Å². The number of likely N-dealkylation sites (tertiary alicyclic amines) is 1. The zero-order chi connectivity index (χ0) is 23.6. The summed E-state index contributed by atoms with van der Waals surface area (Å²) in [5.41, 5.74) is 3.21. The van der Waals surface area contributed by atoms with Gasteiger partial charge in [0.2, 0.25) is 5.91 Å². The van der Waals surface area contributed by atoms with Gasteiger partial charge in [-0.25, -0.2) is 9.97 Å². The number of para-hydroxylation sites is 1. The number of hydrogen-bond donors (Lipinski definition) is 2. The fourth-order valence-corrected chi connectivity index (χ4v) is 6.34. The van der Waals surface area contributed by atoms with Crippen molar-refractivity contribution in [2.75, 3.05) is 30.3 Å². The van der Waals surface area contributed by atoms with Gasteiger partial charge in [0, 0.05) is 47.7 Å². The first-order valence-corrected chi connectivity index (χ1v) is 13.1. The van der Waals surface area contributed by atoms with Gasteiger partial charge < -0.3 is 10.6 Å². The summed E-state index contributed by atoms with van der Waals surface area (Å²) in [5, 5.41) is 7.97. The van der Waals surface area contributed by atoms with Gasteiger partial charge in [-0.1, -0.05) is 18.2 Å². The number of pyridine rings is 1. The molecule has 35 heavy (non-hydrogen) atoms. The van der Waals surface area contributed by atoms with Crippen LogP contribution in [0.15, 0.2) is 54.9 Å². The van der Waals surface area contributed by atoms with E-state index in [0.717, 1.165) is 66.5 Å². The van der Waals surface area contributed by atoms with E-state index >= 15 is 0 Å². The number of piperidine rings is 1. The molecule has 0 spiro atoms. The first-order valence-electron chi connectivity index (χ1n) is 12.3. The molecular formula is C27H28N6OS. The van der Waals surface area contributed by atoms with Gasteiger partial charge in [0.05, 0.1) is 11.9 Å². The molecule has 0 unspecified atom stereocenters. The van der Waals surface area contributed by atoms with Crippen molar-refractivity contribution in [1.82, 2.24) is 19.9 Å². The van der Waals surface area contributed by atoms with Crippen molar-refractivity contribution in [2.45, 2.75) is 38.1 Å². The second-order valence-corrected chi connectivity index (χ2v) is 10.4. The number of benzene rings is 1. The number of anilines is 2. The Hall–Kier alpha value is -3.36. The fraction of sp³-hybridized carbons (Fsp3) is 0.333. The molecule has 1 aliphatic heterocycles. The van der Waals surface area contributed by atoms with Gasteiger partial charge >= 0.3 is 0 Å². The molecule has 1 aromatic carbocycles. The minimum Gasteiger partial charge on any atom is -0.367 e. The van der Waals surface area contributed by atoms with Gasteiger partial charge in [0.25, 0.3) is 0 Å². The largest absolute Gasteiger partial charge is 0.367 e. The van der Waals surface area contributed by atoms with Gasteiger partial charge in [-0.2, -0.15) is 0 Å². The van der Waals surface area contributed by atoms with Crippen LogP contribution in [0.2, 0.25) is 0 Å². The molecule has 178 valence electrons. The summed E-state index contributed by atoms with van der Waals surface area (Å²) in [6.07, 6.45) is 9.00. The molecule has 3 aromatic heterocycles. The number of hydrogen-bond acceptors (Lipinski definition) is 7. The second-order valence-electron chi connectivity index (χ2n) is 9.28. The molecule has 1 amide bonds. The molecule has 0 radical (unpaired) electrons. The highest BCUT2D eigenvalue weighted by Gasteiger charge is 2.26. The molecule has 8 heteroatoms. The number of fused-ring (bicyclic) bond motifs is 3. The van der Waals surface area contributed by atoms with Crippen molar-refractivity contribution in [2.24, 2.45) is 0 Å². The molecule has 4 heterocycles. The smallest absolute Gasteiger partial charge is 0.238 e. The lowest BCUT2D eigenvalue weighted by Crippen LogP contribution is -2.42. The molecule has 2 aliphatic rings. The molecule has 0 atom stereocenters. The normalized spacial score (nSPS) is 16.3. The number of thiophene rings is 1. The van der Waals surface area contributed by atoms with E-state index in [1.54, 1.807) is 6.20 Å². The summed E-state index contributed by atoms with van der Waals surface area (Å²) in [4.78, 5) is 31.4. The van der Waals surface area contributed by atoms with E-state index in [4.69, 9.17) is 9.97 Å². The third-order valence-electron chi connectivity index (χ3n) is 6.84. The van der Waals surface area contributed by atoms with Gasteiger partial charge in [-0.3, -0.25) is 14.7 Å². The van der Waals surface area contributed by atoms with Crippen LogP contribution in [0.25, 0.3) is 21.6 Å². The average molecular weight is 485 g/mol. The molecule has 4 aromatic rings. The Balaban J connectivity index is 1.16. The van der Waals surface area contributed by atoms with Crippen LogP contribution in [0.4, 0.5) is 11.5 Å². The predicted molar refractivity (Wildman–Crippen MR) is 141 cm³/mol. The molecule has 1 aliphatic carbocycles. The van der Waals surface area contributed by atoms with Gasteiger partial charge in [-0.05, 0) is 61.9 Å². The first kappa shape index (κ1) is 22.1. The third-order valence-corrected chi connectivity index (χ3v) is 8.02. The van der Waals surface area contributed by atoms with E-state index in [0.29, 0.717) is 12.6 Å².